The van der Waals surface area contributed by atoms with Crippen molar-refractivity contribution in [1.82, 2.24) is 25.1 Å². The van der Waals surface area contributed by atoms with Crippen LogP contribution in [-0.4, -0.2) is 32.7 Å². The van der Waals surface area contributed by atoms with Crippen LogP contribution in [0.4, 0.5) is 0 Å². The molecule has 0 bridgehead atoms. The van der Waals surface area contributed by atoms with Crippen molar-refractivity contribution in [3.05, 3.63) is 47.1 Å². The van der Waals surface area contributed by atoms with E-state index in [4.69, 9.17) is 21.7 Å². The molecule has 0 spiro atoms. The fourth-order valence-electron chi connectivity index (χ4n) is 5.27. The van der Waals surface area contributed by atoms with Gasteiger partial charge in [0.15, 0.2) is 5.82 Å². The largest absolute Gasteiger partial charge is 0.359 e. The number of likely N-dealkylation sites (N-methyl/N-ethyl adjacent to an activating group) is 1. The van der Waals surface area contributed by atoms with E-state index >= 15 is 0 Å². The zero-order valence-corrected chi connectivity index (χ0v) is 17.2. The molecule has 2 aromatic heterocycles. The first-order chi connectivity index (χ1) is 14.1. The zero-order chi connectivity index (χ0) is 20.0. The number of aromatic nitrogens is 4. The summed E-state index contributed by atoms with van der Waals surface area (Å²) < 4.78 is 1.96. The van der Waals surface area contributed by atoms with Gasteiger partial charge in [0.2, 0.25) is 5.91 Å². The molecule has 2 saturated carbocycles. The number of halogens is 1. The number of pyridine rings is 1. The van der Waals surface area contributed by atoms with Crippen LogP contribution in [0.15, 0.2) is 30.5 Å². The molecule has 2 aliphatic rings. The van der Waals surface area contributed by atoms with Crippen LogP contribution in [0.1, 0.15) is 49.7 Å². The Hall–Kier alpha value is -2.47. The summed E-state index contributed by atoms with van der Waals surface area (Å²) in [6.07, 6.45) is 8.28. The minimum absolute atomic E-state index is 0.0785. The molecule has 5 rings (SSSR count). The number of carbonyl (C=O) groups is 1. The van der Waals surface area contributed by atoms with Gasteiger partial charge in [-0.2, -0.15) is 5.10 Å². The Kier molecular flexibility index (Phi) is 4.74. The molecular formula is C22H24ClN5O. The molecule has 1 aromatic carbocycles. The Morgan fingerprint density at radius 2 is 2.14 bits per heavy atom. The minimum Gasteiger partial charge on any atom is -0.359 e. The number of hydrogen-bond acceptors (Lipinski definition) is 4. The predicted molar refractivity (Wildman–Crippen MR) is 112 cm³/mol. The molecule has 3 aromatic rings. The van der Waals surface area contributed by atoms with E-state index in [9.17, 15) is 4.79 Å². The SMILES string of the molecule is CNC(=O)Cc1nc([C@H]2CC[C@@H]3CCC[C@@H]32)n(-c2ccnc3cc(Cl)ccc23)n1. The van der Waals surface area contributed by atoms with Crippen LogP contribution in [0.25, 0.3) is 16.6 Å². The van der Waals surface area contributed by atoms with Crippen molar-refractivity contribution in [2.24, 2.45) is 11.8 Å². The lowest BCUT2D eigenvalue weighted by atomic mass is 9.91. The minimum atomic E-state index is -0.0785. The van der Waals surface area contributed by atoms with Gasteiger partial charge < -0.3 is 5.32 Å². The Labute approximate surface area is 174 Å². The van der Waals surface area contributed by atoms with Crippen molar-refractivity contribution >= 4 is 28.4 Å². The predicted octanol–water partition coefficient (Wildman–Crippen LogP) is 4.05. The highest BCUT2D eigenvalue weighted by atomic mass is 35.5. The van der Waals surface area contributed by atoms with Crippen LogP contribution >= 0.6 is 11.6 Å². The summed E-state index contributed by atoms with van der Waals surface area (Å²) in [5, 5.41) is 9.10. The highest BCUT2D eigenvalue weighted by Crippen LogP contribution is 2.51. The molecule has 29 heavy (non-hydrogen) atoms. The van der Waals surface area contributed by atoms with E-state index in [-0.39, 0.29) is 12.3 Å². The molecule has 2 fully saturated rings. The Balaban J connectivity index is 1.64. The second-order valence-corrected chi connectivity index (χ2v) is 8.61. The van der Waals surface area contributed by atoms with Crippen LogP contribution in [0.3, 0.4) is 0 Å². The van der Waals surface area contributed by atoms with E-state index in [0.717, 1.165) is 34.8 Å². The van der Waals surface area contributed by atoms with Crippen LogP contribution < -0.4 is 5.32 Å². The molecule has 0 aliphatic heterocycles. The van der Waals surface area contributed by atoms with Crippen molar-refractivity contribution in [3.8, 4) is 5.69 Å². The summed E-state index contributed by atoms with van der Waals surface area (Å²) in [5.74, 6) is 3.35. The maximum absolute atomic E-state index is 12.0. The van der Waals surface area contributed by atoms with Crippen molar-refractivity contribution < 1.29 is 4.79 Å². The number of nitrogens with one attached hydrogen (secondary N) is 1. The van der Waals surface area contributed by atoms with Gasteiger partial charge in [-0.05, 0) is 55.4 Å². The van der Waals surface area contributed by atoms with Crippen molar-refractivity contribution in [1.29, 1.82) is 0 Å². The van der Waals surface area contributed by atoms with Gasteiger partial charge in [0.25, 0.3) is 0 Å². The molecule has 7 heteroatoms. The average Bonchev–Trinajstić information content (AvgIpc) is 3.42. The van der Waals surface area contributed by atoms with E-state index in [2.05, 4.69) is 10.3 Å². The van der Waals surface area contributed by atoms with E-state index in [1.165, 1.54) is 25.7 Å². The smallest absolute Gasteiger partial charge is 0.227 e. The first kappa shape index (κ1) is 18.6. The van der Waals surface area contributed by atoms with E-state index in [1.54, 1.807) is 13.2 Å². The quantitative estimate of drug-likeness (QED) is 0.705. The van der Waals surface area contributed by atoms with Gasteiger partial charge in [-0.25, -0.2) is 9.67 Å². The number of fused-ring (bicyclic) bond motifs is 2. The van der Waals surface area contributed by atoms with Crippen LogP contribution in [0.2, 0.25) is 5.02 Å². The lowest BCUT2D eigenvalue weighted by Gasteiger charge is -2.19. The number of rotatable bonds is 4. The molecule has 3 atom stereocenters. The number of hydrogen-bond donors (Lipinski definition) is 1. The molecule has 0 saturated heterocycles. The molecular weight excluding hydrogens is 386 g/mol. The van der Waals surface area contributed by atoms with Gasteiger partial charge in [0, 0.05) is 29.6 Å². The number of benzene rings is 1. The summed E-state index contributed by atoms with van der Waals surface area (Å²) >= 11 is 6.17. The third-order valence-electron chi connectivity index (χ3n) is 6.60. The average molecular weight is 410 g/mol. The molecule has 2 heterocycles. The Bertz CT molecular complexity index is 1080. The molecule has 0 unspecified atom stereocenters. The van der Waals surface area contributed by atoms with Crippen LogP contribution in [0.5, 0.6) is 0 Å². The first-order valence-electron chi connectivity index (χ1n) is 10.3. The summed E-state index contributed by atoms with van der Waals surface area (Å²) in [4.78, 5) is 21.3. The molecule has 6 nitrogen and oxygen atoms in total. The second-order valence-electron chi connectivity index (χ2n) is 8.18. The van der Waals surface area contributed by atoms with Gasteiger partial charge in [-0.1, -0.05) is 24.4 Å². The monoisotopic (exact) mass is 409 g/mol. The number of carbonyl (C=O) groups excluding carboxylic acids is 1. The van der Waals surface area contributed by atoms with E-state index < -0.39 is 0 Å². The summed E-state index contributed by atoms with van der Waals surface area (Å²) in [6, 6.07) is 7.70. The maximum Gasteiger partial charge on any atom is 0.227 e. The fourth-order valence-corrected chi connectivity index (χ4v) is 5.43. The van der Waals surface area contributed by atoms with Gasteiger partial charge in [0.1, 0.15) is 5.82 Å². The maximum atomic E-state index is 12.0. The highest BCUT2D eigenvalue weighted by Gasteiger charge is 2.42. The molecule has 1 amide bonds. The molecule has 0 radical (unpaired) electrons. The topological polar surface area (TPSA) is 72.7 Å². The van der Waals surface area contributed by atoms with Crippen molar-refractivity contribution in [2.75, 3.05) is 7.05 Å². The lowest BCUT2D eigenvalue weighted by molar-refractivity contribution is -0.120. The number of amides is 1. The Morgan fingerprint density at radius 1 is 1.24 bits per heavy atom. The van der Waals surface area contributed by atoms with Gasteiger partial charge >= 0.3 is 0 Å². The summed E-state index contributed by atoms with van der Waals surface area (Å²) in [7, 11) is 1.64. The van der Waals surface area contributed by atoms with Crippen molar-refractivity contribution in [2.45, 2.75) is 44.4 Å². The van der Waals surface area contributed by atoms with Gasteiger partial charge in [-0.15, -0.1) is 0 Å². The van der Waals surface area contributed by atoms with Crippen LogP contribution in [0, 0.1) is 11.8 Å². The zero-order valence-electron chi connectivity index (χ0n) is 16.4. The standard InChI is InChI=1S/C22H24ClN5O/c1-24-21(29)12-20-26-22(16-7-5-13-3-2-4-15(13)16)28(27-20)19-9-10-25-18-11-14(23)6-8-17(18)19/h6,8-11,13,15-16H,2-5,7,12H2,1H3,(H,24,29)/t13-,15-,16-/m0/s1. The van der Waals surface area contributed by atoms with Gasteiger partial charge in [-0.3, -0.25) is 9.78 Å². The first-order valence-corrected chi connectivity index (χ1v) is 10.7. The molecule has 2 aliphatic carbocycles. The third-order valence-corrected chi connectivity index (χ3v) is 6.83. The van der Waals surface area contributed by atoms with E-state index in [1.807, 2.05) is 28.9 Å². The van der Waals surface area contributed by atoms with E-state index in [0.29, 0.717) is 22.7 Å². The fraction of sp³-hybridized carbons (Fsp3) is 0.455. The number of nitrogens with zero attached hydrogens (tertiary/aromatic N) is 4. The Morgan fingerprint density at radius 3 is 3.00 bits per heavy atom. The third kappa shape index (κ3) is 3.29. The molecule has 150 valence electrons. The molecule has 1 N–H and O–H groups in total. The summed E-state index contributed by atoms with van der Waals surface area (Å²) in [5.41, 5.74) is 1.77. The summed E-state index contributed by atoms with van der Waals surface area (Å²) in [6.45, 7) is 0. The lowest BCUT2D eigenvalue weighted by Crippen LogP contribution is -2.20. The van der Waals surface area contributed by atoms with Crippen molar-refractivity contribution in [3.63, 3.8) is 0 Å². The normalized spacial score (nSPS) is 23.4. The van der Waals surface area contributed by atoms with Gasteiger partial charge in [0.05, 0.1) is 17.6 Å². The second kappa shape index (κ2) is 7.41. The van der Waals surface area contributed by atoms with Crippen LogP contribution in [-0.2, 0) is 11.2 Å². The highest BCUT2D eigenvalue weighted by molar-refractivity contribution is 6.31.